The second-order valence-corrected chi connectivity index (χ2v) is 5.00. The average Bonchev–Trinajstić information content (AvgIpc) is 2.46. The van der Waals surface area contributed by atoms with E-state index >= 15 is 0 Å². The smallest absolute Gasteiger partial charge is 0.118 e. The van der Waals surface area contributed by atoms with Gasteiger partial charge >= 0.3 is 0 Å². The van der Waals surface area contributed by atoms with Gasteiger partial charge < -0.3 is 14.7 Å². The van der Waals surface area contributed by atoms with Crippen molar-refractivity contribution in [3.8, 4) is 5.75 Å². The summed E-state index contributed by atoms with van der Waals surface area (Å²) in [5.41, 5.74) is 1.35. The minimum Gasteiger partial charge on any atom is -0.497 e. The van der Waals surface area contributed by atoms with Gasteiger partial charge in [0.25, 0.3) is 0 Å². The first-order valence-electron chi connectivity index (χ1n) is 7.18. The van der Waals surface area contributed by atoms with Gasteiger partial charge in [0.1, 0.15) is 5.75 Å². The molecule has 1 atom stereocenters. The molecule has 3 nitrogen and oxygen atoms in total. The summed E-state index contributed by atoms with van der Waals surface area (Å²) >= 11 is 0. The summed E-state index contributed by atoms with van der Waals surface area (Å²) < 4.78 is 5.18. The van der Waals surface area contributed by atoms with E-state index in [2.05, 4.69) is 30.9 Å². The van der Waals surface area contributed by atoms with Gasteiger partial charge in [-0.2, -0.15) is 0 Å². The Morgan fingerprint density at radius 3 is 2.42 bits per heavy atom. The number of ether oxygens (including phenoxy) is 1. The molecule has 1 aromatic rings. The lowest BCUT2D eigenvalue weighted by Gasteiger charge is -2.24. The van der Waals surface area contributed by atoms with Crippen molar-refractivity contribution in [2.45, 2.75) is 32.6 Å². The number of hydrogen-bond donors (Lipinski definition) is 1. The summed E-state index contributed by atoms with van der Waals surface area (Å²) in [6, 6.07) is 8.33. The van der Waals surface area contributed by atoms with Crippen molar-refractivity contribution < 1.29 is 9.84 Å². The number of unbranched alkanes of at least 4 members (excludes halogenated alkanes) is 1. The molecule has 1 rings (SSSR count). The van der Waals surface area contributed by atoms with Crippen molar-refractivity contribution in [3.63, 3.8) is 0 Å². The first kappa shape index (κ1) is 16.0. The van der Waals surface area contributed by atoms with E-state index in [9.17, 15) is 0 Å². The molecule has 0 heterocycles. The Balaban J connectivity index is 2.48. The van der Waals surface area contributed by atoms with Crippen LogP contribution in [0.5, 0.6) is 5.75 Å². The first-order valence-corrected chi connectivity index (χ1v) is 7.18. The molecule has 0 aliphatic rings. The minimum absolute atomic E-state index is 0.297. The second-order valence-electron chi connectivity index (χ2n) is 5.00. The molecule has 0 aliphatic carbocycles. The Morgan fingerprint density at radius 1 is 1.21 bits per heavy atom. The molecule has 1 unspecified atom stereocenters. The van der Waals surface area contributed by atoms with E-state index in [0.29, 0.717) is 12.5 Å². The van der Waals surface area contributed by atoms with Crippen LogP contribution >= 0.6 is 0 Å². The molecule has 0 saturated heterocycles. The Labute approximate surface area is 117 Å². The van der Waals surface area contributed by atoms with Crippen molar-refractivity contribution in [3.05, 3.63) is 29.8 Å². The van der Waals surface area contributed by atoms with Crippen LogP contribution in [-0.2, 0) is 0 Å². The maximum Gasteiger partial charge on any atom is 0.118 e. The van der Waals surface area contributed by atoms with Crippen LogP contribution < -0.4 is 4.74 Å². The van der Waals surface area contributed by atoms with Crippen LogP contribution in [0.15, 0.2) is 24.3 Å². The van der Waals surface area contributed by atoms with Gasteiger partial charge in [-0.25, -0.2) is 0 Å². The van der Waals surface area contributed by atoms with Crippen molar-refractivity contribution in [2.75, 3.05) is 33.4 Å². The zero-order valence-electron chi connectivity index (χ0n) is 12.4. The van der Waals surface area contributed by atoms with Crippen LogP contribution in [0.3, 0.4) is 0 Å². The van der Waals surface area contributed by atoms with E-state index in [1.807, 2.05) is 12.1 Å². The zero-order valence-corrected chi connectivity index (χ0v) is 12.4. The van der Waals surface area contributed by atoms with Crippen LogP contribution in [-0.4, -0.2) is 43.4 Å². The predicted octanol–water partition coefficient (Wildman–Crippen LogP) is 2.89. The average molecular weight is 265 g/mol. The SMILES string of the molecule is CCN(CCCCO)CC(C)c1ccc(OC)cc1. The van der Waals surface area contributed by atoms with Gasteiger partial charge in [0.05, 0.1) is 7.11 Å². The van der Waals surface area contributed by atoms with Crippen LogP contribution in [0.4, 0.5) is 0 Å². The Bertz CT molecular complexity index is 337. The third-order valence-electron chi connectivity index (χ3n) is 3.55. The third kappa shape index (κ3) is 5.62. The van der Waals surface area contributed by atoms with Gasteiger partial charge in [-0.15, -0.1) is 0 Å². The van der Waals surface area contributed by atoms with E-state index in [-0.39, 0.29) is 0 Å². The summed E-state index contributed by atoms with van der Waals surface area (Å²) in [6.45, 7) is 7.94. The Kier molecular flexibility index (Phi) is 7.53. The van der Waals surface area contributed by atoms with Crippen LogP contribution in [0.2, 0.25) is 0 Å². The highest BCUT2D eigenvalue weighted by Crippen LogP contribution is 2.20. The number of methoxy groups -OCH3 is 1. The van der Waals surface area contributed by atoms with Gasteiger partial charge in [0, 0.05) is 13.2 Å². The number of hydrogen-bond acceptors (Lipinski definition) is 3. The molecular formula is C16H27NO2. The van der Waals surface area contributed by atoms with Crippen molar-refractivity contribution in [1.29, 1.82) is 0 Å². The molecular weight excluding hydrogens is 238 g/mol. The molecule has 0 fully saturated rings. The molecule has 0 bridgehead atoms. The number of rotatable bonds is 9. The standard InChI is InChI=1S/C16H27NO2/c1-4-17(11-5-6-12-18)13-14(2)15-7-9-16(19-3)10-8-15/h7-10,14,18H,4-6,11-13H2,1-3H3. The molecule has 0 aromatic heterocycles. The van der Waals surface area contributed by atoms with E-state index < -0.39 is 0 Å². The maximum atomic E-state index is 8.83. The highest BCUT2D eigenvalue weighted by molar-refractivity contribution is 5.29. The number of aliphatic hydroxyl groups excluding tert-OH is 1. The summed E-state index contributed by atoms with van der Waals surface area (Å²) in [7, 11) is 1.69. The van der Waals surface area contributed by atoms with E-state index in [0.717, 1.165) is 38.2 Å². The lowest BCUT2D eigenvalue weighted by molar-refractivity contribution is 0.241. The third-order valence-corrected chi connectivity index (χ3v) is 3.55. The zero-order chi connectivity index (χ0) is 14.1. The fourth-order valence-corrected chi connectivity index (χ4v) is 2.25. The summed E-state index contributed by atoms with van der Waals surface area (Å²) in [5, 5.41) is 8.83. The van der Waals surface area contributed by atoms with Crippen molar-refractivity contribution in [2.24, 2.45) is 0 Å². The normalized spacial score (nSPS) is 12.7. The van der Waals surface area contributed by atoms with Gasteiger partial charge in [0.15, 0.2) is 0 Å². The highest BCUT2D eigenvalue weighted by atomic mass is 16.5. The maximum absolute atomic E-state index is 8.83. The Morgan fingerprint density at radius 2 is 1.89 bits per heavy atom. The second kappa shape index (κ2) is 8.94. The molecule has 0 radical (unpaired) electrons. The van der Waals surface area contributed by atoms with Crippen molar-refractivity contribution in [1.82, 2.24) is 4.90 Å². The van der Waals surface area contributed by atoms with Gasteiger partial charge in [-0.3, -0.25) is 0 Å². The monoisotopic (exact) mass is 265 g/mol. The lowest BCUT2D eigenvalue weighted by atomic mass is 10.0. The predicted molar refractivity (Wildman–Crippen MR) is 79.8 cm³/mol. The van der Waals surface area contributed by atoms with E-state index in [1.54, 1.807) is 7.11 Å². The minimum atomic E-state index is 0.297. The van der Waals surface area contributed by atoms with Crippen LogP contribution in [0, 0.1) is 0 Å². The van der Waals surface area contributed by atoms with E-state index in [1.165, 1.54) is 5.56 Å². The Hall–Kier alpha value is -1.06. The fourth-order valence-electron chi connectivity index (χ4n) is 2.25. The molecule has 0 saturated carbocycles. The molecule has 1 aromatic carbocycles. The lowest BCUT2D eigenvalue weighted by Crippen LogP contribution is -2.28. The highest BCUT2D eigenvalue weighted by Gasteiger charge is 2.10. The summed E-state index contributed by atoms with van der Waals surface area (Å²) in [4.78, 5) is 2.45. The van der Waals surface area contributed by atoms with Crippen LogP contribution in [0.25, 0.3) is 0 Å². The van der Waals surface area contributed by atoms with Gasteiger partial charge in [0.2, 0.25) is 0 Å². The molecule has 19 heavy (non-hydrogen) atoms. The number of benzene rings is 1. The first-order chi connectivity index (χ1) is 9.21. The van der Waals surface area contributed by atoms with E-state index in [4.69, 9.17) is 9.84 Å². The van der Waals surface area contributed by atoms with Crippen molar-refractivity contribution >= 4 is 0 Å². The molecule has 0 spiro atoms. The van der Waals surface area contributed by atoms with Gasteiger partial charge in [-0.1, -0.05) is 26.0 Å². The molecule has 3 heteroatoms. The molecule has 0 aliphatic heterocycles. The number of likely N-dealkylation sites (N-methyl/N-ethyl adjacent to an activating group) is 1. The number of nitrogens with zero attached hydrogens (tertiary/aromatic N) is 1. The van der Waals surface area contributed by atoms with Crippen LogP contribution in [0.1, 0.15) is 38.2 Å². The largest absolute Gasteiger partial charge is 0.497 e. The molecule has 0 amide bonds. The molecule has 108 valence electrons. The summed E-state index contributed by atoms with van der Waals surface area (Å²) in [6.07, 6.45) is 1.97. The number of aliphatic hydroxyl groups is 1. The molecule has 1 N–H and O–H groups in total. The quantitative estimate of drug-likeness (QED) is 0.697. The van der Waals surface area contributed by atoms with Gasteiger partial charge in [-0.05, 0) is 49.5 Å². The topological polar surface area (TPSA) is 32.7 Å². The fraction of sp³-hybridized carbons (Fsp3) is 0.625. The summed E-state index contributed by atoms with van der Waals surface area (Å²) in [5.74, 6) is 1.42.